The number of sulfonamides is 1. The van der Waals surface area contributed by atoms with E-state index in [9.17, 15) is 54.7 Å². The summed E-state index contributed by atoms with van der Waals surface area (Å²) in [4.78, 5) is 61.5. The molecule has 2 aliphatic carbocycles. The number of amides is 4. The SMILES string of the molecule is COc1cc(F)cc2c(O[C@@H]3C[C@H]4C(=O)N[C@]5(C(=O)NS(=O)(=O)C6(CF)CC6)C[C@H]5C=CCC[C@@H](C)C[C@@H](C)[C@H](N(C(=O)O)C(C)(C)C(F)(F)F)C(=O)N4C3)nccc12. The van der Waals surface area contributed by atoms with Crippen LogP contribution in [0.4, 0.5) is 26.7 Å². The molecule has 1 saturated heterocycles. The number of aromatic nitrogens is 1. The van der Waals surface area contributed by atoms with Crippen molar-refractivity contribution in [1.29, 1.82) is 0 Å². The number of hydrogen-bond acceptors (Lipinski definition) is 9. The first-order chi connectivity index (χ1) is 27.5. The smallest absolute Gasteiger partial charge is 0.411 e. The third kappa shape index (κ3) is 8.12. The van der Waals surface area contributed by atoms with E-state index in [1.165, 1.54) is 26.3 Å². The lowest BCUT2D eigenvalue weighted by Crippen LogP contribution is -2.66. The number of hydrogen-bond donors (Lipinski definition) is 3. The Kier molecular flexibility index (Phi) is 11.7. The summed E-state index contributed by atoms with van der Waals surface area (Å²) in [7, 11) is -3.21. The molecule has 324 valence electrons. The summed E-state index contributed by atoms with van der Waals surface area (Å²) < 4.78 is 111. The van der Waals surface area contributed by atoms with Gasteiger partial charge in [-0.15, -0.1) is 0 Å². The molecule has 0 radical (unpaired) electrons. The molecular formula is C39H48F5N5O9S. The van der Waals surface area contributed by atoms with E-state index in [0.717, 1.165) is 17.0 Å². The largest absolute Gasteiger partial charge is 0.496 e. The van der Waals surface area contributed by atoms with Gasteiger partial charge in [0.1, 0.15) is 52.3 Å². The van der Waals surface area contributed by atoms with Crippen molar-refractivity contribution in [2.75, 3.05) is 20.3 Å². The number of allylic oxidation sites excluding steroid dienone is 1. The number of rotatable bonds is 9. The van der Waals surface area contributed by atoms with E-state index in [0.29, 0.717) is 32.1 Å². The maximum atomic E-state index is 15.0. The predicted octanol–water partition coefficient (Wildman–Crippen LogP) is 5.26. The summed E-state index contributed by atoms with van der Waals surface area (Å²) in [5.74, 6) is -5.99. The molecule has 7 atom stereocenters. The van der Waals surface area contributed by atoms with Crippen molar-refractivity contribution in [3.8, 4) is 11.6 Å². The Hall–Kier alpha value is -4.75. The number of halogens is 5. The van der Waals surface area contributed by atoms with Gasteiger partial charge in [-0.25, -0.2) is 27.0 Å². The Labute approximate surface area is 337 Å². The Morgan fingerprint density at radius 2 is 1.83 bits per heavy atom. The molecule has 3 N–H and O–H groups in total. The maximum absolute atomic E-state index is 15.0. The fourth-order valence-corrected chi connectivity index (χ4v) is 9.78. The quantitative estimate of drug-likeness (QED) is 0.222. The molecule has 14 nitrogen and oxygen atoms in total. The standard InChI is InChI=1S/C39H48F5N5O9S/c1-21-8-6-7-9-23-18-38(23,34(52)47-59(55,56)37(20-40)11-12-37)46-31(50)28-17-25(58-32-27-15-24(41)16-29(57-5)26(27)10-13-45-32)19-48(28)33(51)30(22(2)14-21)49(35(53)54)36(3,4)39(42,43)44/h7,9-10,13,15-16,21-23,25,28,30H,6,8,11-12,14,17-20H2,1-5H3,(H,46,50)(H,47,52)(H,53,54)/t21-,22-,23-,25-,28+,30+,38-/m1/s1. The molecule has 0 spiro atoms. The summed E-state index contributed by atoms with van der Waals surface area (Å²) in [6, 6.07) is 0.209. The summed E-state index contributed by atoms with van der Waals surface area (Å²) in [6.07, 6.45) is -3.15. The number of pyridine rings is 1. The molecule has 0 unspecified atom stereocenters. The first-order valence-electron chi connectivity index (χ1n) is 19.3. The van der Waals surface area contributed by atoms with Crippen LogP contribution in [0.3, 0.4) is 0 Å². The van der Waals surface area contributed by atoms with E-state index in [2.05, 4.69) is 10.3 Å². The predicted molar refractivity (Wildman–Crippen MR) is 202 cm³/mol. The molecule has 2 saturated carbocycles. The summed E-state index contributed by atoms with van der Waals surface area (Å²) >= 11 is 0. The highest BCUT2D eigenvalue weighted by Gasteiger charge is 2.64. The molecule has 0 bridgehead atoms. The fourth-order valence-electron chi connectivity index (χ4n) is 8.35. The van der Waals surface area contributed by atoms with Crippen molar-refractivity contribution in [2.45, 2.75) is 113 Å². The second-order valence-electron chi connectivity index (χ2n) is 16.8. The van der Waals surface area contributed by atoms with Gasteiger partial charge >= 0.3 is 12.3 Å². The van der Waals surface area contributed by atoms with Crippen LogP contribution in [0.1, 0.15) is 72.6 Å². The first-order valence-corrected chi connectivity index (χ1v) is 20.8. The number of ether oxygens (including phenoxy) is 2. The van der Waals surface area contributed by atoms with Crippen LogP contribution in [-0.4, -0.2) is 113 Å². The third-order valence-corrected chi connectivity index (χ3v) is 14.4. The Balaban J connectivity index is 1.43. The lowest BCUT2D eigenvalue weighted by atomic mass is 9.85. The second kappa shape index (κ2) is 15.7. The zero-order chi connectivity index (χ0) is 43.5. The van der Waals surface area contributed by atoms with Crippen molar-refractivity contribution in [1.82, 2.24) is 24.8 Å². The highest BCUT2D eigenvalue weighted by atomic mass is 32.2. The Bertz CT molecular complexity index is 2150. The minimum absolute atomic E-state index is 0.0173. The number of benzene rings is 1. The Morgan fingerprint density at radius 3 is 2.44 bits per heavy atom. The molecule has 2 aromatic rings. The fraction of sp³-hybridized carbons (Fsp3) is 0.615. The number of methoxy groups -OCH3 is 1. The molecule has 6 rings (SSSR count). The van der Waals surface area contributed by atoms with Gasteiger partial charge in [-0.1, -0.05) is 26.0 Å². The zero-order valence-corrected chi connectivity index (χ0v) is 34.0. The third-order valence-electron chi connectivity index (χ3n) is 12.3. The van der Waals surface area contributed by atoms with Crippen molar-refractivity contribution in [3.63, 3.8) is 0 Å². The number of carbonyl (C=O) groups is 4. The first kappa shape index (κ1) is 43.8. The van der Waals surface area contributed by atoms with Crippen LogP contribution < -0.4 is 19.5 Å². The van der Waals surface area contributed by atoms with E-state index < -0.39 is 105 Å². The van der Waals surface area contributed by atoms with E-state index in [-0.39, 0.29) is 59.9 Å². The van der Waals surface area contributed by atoms with E-state index in [1.54, 1.807) is 19.1 Å². The van der Waals surface area contributed by atoms with Crippen molar-refractivity contribution < 1.29 is 64.1 Å². The van der Waals surface area contributed by atoms with Crippen LogP contribution in [0.5, 0.6) is 11.6 Å². The van der Waals surface area contributed by atoms with Gasteiger partial charge in [-0.3, -0.25) is 24.0 Å². The van der Waals surface area contributed by atoms with Gasteiger partial charge in [0.25, 0.3) is 5.91 Å². The molecule has 3 fully saturated rings. The number of alkyl halides is 4. The van der Waals surface area contributed by atoms with Crippen LogP contribution in [0.25, 0.3) is 10.8 Å². The molecular weight excluding hydrogens is 810 g/mol. The van der Waals surface area contributed by atoms with Crippen LogP contribution >= 0.6 is 0 Å². The molecule has 2 aliphatic heterocycles. The molecule has 3 heterocycles. The minimum Gasteiger partial charge on any atom is -0.496 e. The van der Waals surface area contributed by atoms with Crippen molar-refractivity contribution >= 4 is 44.6 Å². The minimum atomic E-state index is -5.15. The number of carbonyl (C=O) groups excluding carboxylic acids is 3. The summed E-state index contributed by atoms with van der Waals surface area (Å²) in [5.41, 5.74) is -4.98. The van der Waals surface area contributed by atoms with Gasteiger partial charge < -0.3 is 24.8 Å². The van der Waals surface area contributed by atoms with Gasteiger partial charge in [-0.2, -0.15) is 13.2 Å². The highest BCUT2D eigenvalue weighted by molar-refractivity contribution is 7.91. The summed E-state index contributed by atoms with van der Waals surface area (Å²) in [6.45, 7) is 2.82. The average molecular weight is 858 g/mol. The number of fused-ring (bicyclic) bond motifs is 3. The Morgan fingerprint density at radius 1 is 1.14 bits per heavy atom. The van der Waals surface area contributed by atoms with E-state index >= 15 is 0 Å². The molecule has 4 aliphatic rings. The number of nitrogens with zero attached hydrogens (tertiary/aromatic N) is 3. The van der Waals surface area contributed by atoms with Crippen LogP contribution in [-0.2, 0) is 24.4 Å². The lowest BCUT2D eigenvalue weighted by molar-refractivity contribution is -0.222. The van der Waals surface area contributed by atoms with Gasteiger partial charge in [0.05, 0.1) is 19.0 Å². The molecule has 1 aromatic heterocycles. The highest BCUT2D eigenvalue weighted by Crippen LogP contribution is 2.48. The van der Waals surface area contributed by atoms with Gasteiger partial charge in [0, 0.05) is 30.0 Å². The normalized spacial score (nSPS) is 28.7. The summed E-state index contributed by atoms with van der Waals surface area (Å²) in [5, 5.41) is 13.6. The molecule has 4 amide bonds. The van der Waals surface area contributed by atoms with E-state index in [1.807, 2.05) is 4.72 Å². The van der Waals surface area contributed by atoms with E-state index in [4.69, 9.17) is 9.47 Å². The number of carboxylic acid groups (broad SMARTS) is 1. The molecule has 20 heteroatoms. The lowest BCUT2D eigenvalue weighted by Gasteiger charge is -2.45. The zero-order valence-electron chi connectivity index (χ0n) is 33.1. The molecule has 1 aromatic carbocycles. The average Bonchev–Trinajstić information content (AvgIpc) is 4.05. The van der Waals surface area contributed by atoms with Crippen LogP contribution in [0, 0.1) is 23.6 Å². The maximum Gasteiger partial charge on any atom is 0.411 e. The van der Waals surface area contributed by atoms with Gasteiger partial charge in [0.2, 0.25) is 27.7 Å². The topological polar surface area (TPSA) is 185 Å². The van der Waals surface area contributed by atoms with Gasteiger partial charge in [-0.05, 0) is 76.3 Å². The molecule has 59 heavy (non-hydrogen) atoms. The monoisotopic (exact) mass is 857 g/mol. The van der Waals surface area contributed by atoms with Crippen LogP contribution in [0.15, 0.2) is 36.5 Å². The van der Waals surface area contributed by atoms with Gasteiger partial charge in [0.15, 0.2) is 0 Å². The number of nitrogens with one attached hydrogen (secondary N) is 2. The van der Waals surface area contributed by atoms with Crippen molar-refractivity contribution in [3.05, 3.63) is 42.4 Å². The van der Waals surface area contributed by atoms with Crippen LogP contribution in [0.2, 0.25) is 0 Å². The van der Waals surface area contributed by atoms with Crippen molar-refractivity contribution in [2.24, 2.45) is 17.8 Å². The second-order valence-corrected chi connectivity index (χ2v) is 18.9.